The summed E-state index contributed by atoms with van der Waals surface area (Å²) in [5, 5.41) is 9.05. The van der Waals surface area contributed by atoms with Crippen LogP contribution in [0.3, 0.4) is 0 Å². The predicted octanol–water partition coefficient (Wildman–Crippen LogP) is 2.68. The highest BCUT2D eigenvalue weighted by Crippen LogP contribution is 2.18. The minimum absolute atomic E-state index is 0.0356. The van der Waals surface area contributed by atoms with E-state index in [9.17, 15) is 8.42 Å². The molecule has 96 valence electrons. The maximum Gasteiger partial charge on any atom is 0.309 e. The molecule has 1 rings (SSSR count). The fourth-order valence-electron chi connectivity index (χ4n) is 1.40. The van der Waals surface area contributed by atoms with E-state index in [0.717, 1.165) is 19.3 Å². The summed E-state index contributed by atoms with van der Waals surface area (Å²) in [6, 6.07) is 5.64. The lowest BCUT2D eigenvalue weighted by Crippen LogP contribution is -2.13. The lowest BCUT2D eigenvalue weighted by Gasteiger charge is -2.06. The molecule has 1 N–H and O–H groups in total. The van der Waals surface area contributed by atoms with E-state index in [-0.39, 0.29) is 17.3 Å². The van der Waals surface area contributed by atoms with Gasteiger partial charge in [-0.1, -0.05) is 26.2 Å². The molecule has 0 atom stereocenters. The molecule has 0 fully saturated rings. The molecule has 0 heterocycles. The molecule has 0 unspecified atom stereocenters. The lowest BCUT2D eigenvalue weighted by atomic mass is 10.2. The van der Waals surface area contributed by atoms with Crippen LogP contribution in [0.25, 0.3) is 0 Å². The largest absolute Gasteiger partial charge is 0.508 e. The second-order valence-corrected chi connectivity index (χ2v) is 5.59. The van der Waals surface area contributed by atoms with Crippen molar-refractivity contribution in [3.63, 3.8) is 0 Å². The third kappa shape index (κ3) is 5.58. The number of hydrogen-bond acceptors (Lipinski definition) is 4. The van der Waals surface area contributed by atoms with Crippen molar-refractivity contribution < 1.29 is 17.7 Å². The zero-order valence-corrected chi connectivity index (χ0v) is 10.7. The minimum Gasteiger partial charge on any atom is -0.508 e. The molecule has 0 saturated heterocycles. The van der Waals surface area contributed by atoms with Crippen LogP contribution in [0.15, 0.2) is 24.3 Å². The number of unbranched alkanes of at least 4 members (excludes halogenated alkanes) is 3. The third-order valence-corrected chi connectivity index (χ3v) is 3.54. The Morgan fingerprint density at radius 2 is 1.76 bits per heavy atom. The molecule has 5 heteroatoms. The molecule has 0 spiro atoms. The number of benzene rings is 1. The molecule has 0 bridgehead atoms. The van der Waals surface area contributed by atoms with Crippen molar-refractivity contribution in [3.05, 3.63) is 24.3 Å². The Balaban J connectivity index is 2.46. The van der Waals surface area contributed by atoms with Gasteiger partial charge in [0, 0.05) is 0 Å². The molecular weight excluding hydrogens is 240 g/mol. The van der Waals surface area contributed by atoms with Crippen molar-refractivity contribution >= 4 is 10.1 Å². The van der Waals surface area contributed by atoms with Crippen molar-refractivity contribution in [1.29, 1.82) is 0 Å². The fourth-order valence-corrected chi connectivity index (χ4v) is 2.44. The van der Waals surface area contributed by atoms with Gasteiger partial charge in [0.2, 0.25) is 0 Å². The van der Waals surface area contributed by atoms with Crippen LogP contribution >= 0.6 is 0 Å². The van der Waals surface area contributed by atoms with Crippen LogP contribution in [-0.2, 0) is 10.1 Å². The summed E-state index contributed by atoms with van der Waals surface area (Å²) < 4.78 is 28.0. The second-order valence-electron chi connectivity index (χ2n) is 3.90. The van der Waals surface area contributed by atoms with Crippen molar-refractivity contribution in [2.75, 3.05) is 5.75 Å². The van der Waals surface area contributed by atoms with E-state index in [2.05, 4.69) is 6.92 Å². The highest BCUT2D eigenvalue weighted by Gasteiger charge is 2.12. The van der Waals surface area contributed by atoms with E-state index in [4.69, 9.17) is 9.29 Å². The SMILES string of the molecule is CCCCCCS(=O)(=O)Oc1ccc(O)cc1. The molecule has 0 aliphatic carbocycles. The van der Waals surface area contributed by atoms with Crippen LogP contribution < -0.4 is 4.18 Å². The Kier molecular flexibility index (Phi) is 5.28. The summed E-state index contributed by atoms with van der Waals surface area (Å²) in [5.74, 6) is 0.351. The van der Waals surface area contributed by atoms with E-state index in [1.54, 1.807) is 0 Å². The molecular formula is C12H18O4S. The molecule has 0 aliphatic heterocycles. The van der Waals surface area contributed by atoms with Crippen molar-refractivity contribution in [2.45, 2.75) is 32.6 Å². The van der Waals surface area contributed by atoms with Crippen LogP contribution in [0.4, 0.5) is 0 Å². The van der Waals surface area contributed by atoms with Crippen molar-refractivity contribution in [1.82, 2.24) is 0 Å². The molecule has 1 aromatic carbocycles. The highest BCUT2D eigenvalue weighted by molar-refractivity contribution is 7.87. The summed E-state index contributed by atoms with van der Waals surface area (Å²) in [5.41, 5.74) is 0. The van der Waals surface area contributed by atoms with Gasteiger partial charge in [0.15, 0.2) is 0 Å². The van der Waals surface area contributed by atoms with Crippen LogP contribution in [0.2, 0.25) is 0 Å². The number of hydrogen-bond donors (Lipinski definition) is 1. The van der Waals surface area contributed by atoms with Gasteiger partial charge in [0.1, 0.15) is 11.5 Å². The van der Waals surface area contributed by atoms with Crippen LogP contribution in [-0.4, -0.2) is 19.3 Å². The van der Waals surface area contributed by atoms with E-state index < -0.39 is 10.1 Å². The van der Waals surface area contributed by atoms with Gasteiger partial charge in [-0.05, 0) is 30.7 Å². The van der Waals surface area contributed by atoms with Crippen LogP contribution in [0.1, 0.15) is 32.6 Å². The monoisotopic (exact) mass is 258 g/mol. The number of aromatic hydroxyl groups is 1. The first-order valence-corrected chi connectivity index (χ1v) is 7.32. The first-order valence-electron chi connectivity index (χ1n) is 5.74. The van der Waals surface area contributed by atoms with Gasteiger partial charge in [0.25, 0.3) is 0 Å². The van der Waals surface area contributed by atoms with Crippen LogP contribution in [0, 0.1) is 0 Å². The van der Waals surface area contributed by atoms with Gasteiger partial charge in [-0.25, -0.2) is 0 Å². The first-order chi connectivity index (χ1) is 8.03. The number of phenolic OH excluding ortho intramolecular Hbond substituents is 1. The Hall–Kier alpha value is -1.23. The zero-order valence-electron chi connectivity index (χ0n) is 9.93. The first kappa shape index (κ1) is 13.8. The fraction of sp³-hybridized carbons (Fsp3) is 0.500. The molecule has 0 radical (unpaired) electrons. The summed E-state index contributed by atoms with van der Waals surface area (Å²) in [7, 11) is -3.51. The lowest BCUT2D eigenvalue weighted by molar-refractivity contribution is 0.467. The summed E-state index contributed by atoms with van der Waals surface area (Å²) in [6.07, 6.45) is 3.62. The maximum absolute atomic E-state index is 11.6. The van der Waals surface area contributed by atoms with Gasteiger partial charge in [0.05, 0.1) is 5.75 Å². The standard InChI is InChI=1S/C12H18O4S/c1-2-3-4-5-10-17(14,15)16-12-8-6-11(13)7-9-12/h6-9,13H,2-5,10H2,1H3. The van der Waals surface area contributed by atoms with E-state index in [0.29, 0.717) is 6.42 Å². The highest BCUT2D eigenvalue weighted by atomic mass is 32.2. The average Bonchev–Trinajstić information content (AvgIpc) is 2.27. The Labute approximate surface area is 102 Å². The smallest absolute Gasteiger partial charge is 0.309 e. The van der Waals surface area contributed by atoms with E-state index in [1.165, 1.54) is 24.3 Å². The molecule has 17 heavy (non-hydrogen) atoms. The van der Waals surface area contributed by atoms with Crippen LogP contribution in [0.5, 0.6) is 11.5 Å². The molecule has 0 aromatic heterocycles. The second kappa shape index (κ2) is 6.49. The van der Waals surface area contributed by atoms with Crippen molar-refractivity contribution in [2.24, 2.45) is 0 Å². The quantitative estimate of drug-likeness (QED) is 0.603. The van der Waals surface area contributed by atoms with E-state index in [1.807, 2.05) is 0 Å². The Morgan fingerprint density at radius 1 is 1.12 bits per heavy atom. The number of rotatable bonds is 7. The topological polar surface area (TPSA) is 63.6 Å². The molecule has 1 aromatic rings. The predicted molar refractivity (Wildman–Crippen MR) is 66.7 cm³/mol. The van der Waals surface area contributed by atoms with E-state index >= 15 is 0 Å². The molecule has 0 saturated carbocycles. The Bertz CT molecular complexity index is 422. The van der Waals surface area contributed by atoms with Gasteiger partial charge in [-0.3, -0.25) is 0 Å². The maximum atomic E-state index is 11.6. The summed E-state index contributed by atoms with van der Waals surface area (Å²) >= 11 is 0. The molecule has 4 nitrogen and oxygen atoms in total. The Morgan fingerprint density at radius 3 is 2.35 bits per heavy atom. The normalized spacial score (nSPS) is 11.4. The van der Waals surface area contributed by atoms with Crippen molar-refractivity contribution in [3.8, 4) is 11.5 Å². The van der Waals surface area contributed by atoms with Gasteiger partial charge in [-0.2, -0.15) is 8.42 Å². The summed E-state index contributed by atoms with van der Waals surface area (Å²) in [4.78, 5) is 0. The average molecular weight is 258 g/mol. The van der Waals surface area contributed by atoms with Gasteiger partial charge < -0.3 is 9.29 Å². The number of phenols is 1. The molecule has 0 amide bonds. The summed E-state index contributed by atoms with van der Waals surface area (Å²) in [6.45, 7) is 2.07. The zero-order chi connectivity index (χ0) is 12.7. The third-order valence-electron chi connectivity index (χ3n) is 2.31. The minimum atomic E-state index is -3.51. The van der Waals surface area contributed by atoms with Gasteiger partial charge in [-0.15, -0.1) is 0 Å². The van der Waals surface area contributed by atoms with Gasteiger partial charge >= 0.3 is 10.1 Å². The molecule has 0 aliphatic rings.